The van der Waals surface area contributed by atoms with Gasteiger partial charge in [0.2, 0.25) is 0 Å². The van der Waals surface area contributed by atoms with E-state index in [-0.39, 0.29) is 10.6 Å². The third-order valence-electron chi connectivity index (χ3n) is 2.90. The fourth-order valence-electron chi connectivity index (χ4n) is 2.03. The summed E-state index contributed by atoms with van der Waals surface area (Å²) in [4.78, 5) is 12.7. The van der Waals surface area contributed by atoms with Crippen LogP contribution in [-0.4, -0.2) is 36.0 Å². The van der Waals surface area contributed by atoms with Crippen molar-refractivity contribution in [2.24, 2.45) is 0 Å². The van der Waals surface area contributed by atoms with Gasteiger partial charge in [-0.05, 0) is 48.1 Å². The van der Waals surface area contributed by atoms with Crippen LogP contribution in [0.15, 0.2) is 22.7 Å². The first-order chi connectivity index (χ1) is 8.06. The predicted molar refractivity (Wildman–Crippen MR) is 70.3 cm³/mol. The van der Waals surface area contributed by atoms with Gasteiger partial charge in [0.1, 0.15) is 0 Å². The van der Waals surface area contributed by atoms with E-state index in [1.165, 1.54) is 0 Å². The van der Waals surface area contributed by atoms with E-state index < -0.39 is 0 Å². The van der Waals surface area contributed by atoms with Crippen molar-refractivity contribution in [1.29, 1.82) is 0 Å². The van der Waals surface area contributed by atoms with Crippen LogP contribution in [0.3, 0.4) is 0 Å². The summed E-state index contributed by atoms with van der Waals surface area (Å²) in [6.07, 6.45) is 1.07. The highest BCUT2D eigenvalue weighted by Gasteiger charge is 2.20. The molecule has 1 aromatic rings. The molecule has 2 rings (SSSR count). The first-order valence-electron chi connectivity index (χ1n) is 5.45. The molecule has 17 heavy (non-hydrogen) atoms. The van der Waals surface area contributed by atoms with Crippen molar-refractivity contribution >= 4 is 27.3 Å². The zero-order chi connectivity index (χ0) is 12.4. The summed E-state index contributed by atoms with van der Waals surface area (Å²) >= 11 is 3.18. The number of nitro groups is 1. The van der Waals surface area contributed by atoms with E-state index in [0.29, 0.717) is 10.5 Å². The van der Waals surface area contributed by atoms with Crippen LogP contribution in [-0.2, 0) is 0 Å². The average molecular weight is 300 g/mol. The molecule has 1 atom stereocenters. The molecule has 1 aromatic carbocycles. The lowest BCUT2D eigenvalue weighted by atomic mass is 10.2. The summed E-state index contributed by atoms with van der Waals surface area (Å²) in [5.41, 5.74) is 0.904. The minimum absolute atomic E-state index is 0.0985. The van der Waals surface area contributed by atoms with Crippen molar-refractivity contribution in [3.05, 3.63) is 32.8 Å². The predicted octanol–water partition coefficient (Wildman–Crippen LogP) is 2.47. The SMILES string of the molecule is CN1CCC(Nc2ccc(Br)c([N+](=O)[O-])c2)C1. The Kier molecular flexibility index (Phi) is 3.63. The number of rotatable bonds is 3. The Balaban J connectivity index is 2.11. The molecule has 0 aliphatic carbocycles. The van der Waals surface area contributed by atoms with Crippen LogP contribution < -0.4 is 5.32 Å². The third kappa shape index (κ3) is 2.95. The topological polar surface area (TPSA) is 58.4 Å². The molecule has 0 spiro atoms. The monoisotopic (exact) mass is 299 g/mol. The molecule has 6 heteroatoms. The summed E-state index contributed by atoms with van der Waals surface area (Å²) in [6.45, 7) is 2.04. The average Bonchev–Trinajstić information content (AvgIpc) is 2.66. The largest absolute Gasteiger partial charge is 0.381 e. The van der Waals surface area contributed by atoms with Crippen LogP contribution in [0.1, 0.15) is 6.42 Å². The van der Waals surface area contributed by atoms with E-state index in [1.807, 2.05) is 6.07 Å². The van der Waals surface area contributed by atoms with Gasteiger partial charge in [-0.1, -0.05) is 0 Å². The normalized spacial score (nSPS) is 20.5. The molecule has 0 aromatic heterocycles. The van der Waals surface area contributed by atoms with Crippen LogP contribution in [0, 0.1) is 10.1 Å². The van der Waals surface area contributed by atoms with Gasteiger partial charge < -0.3 is 10.2 Å². The zero-order valence-electron chi connectivity index (χ0n) is 9.52. The number of hydrogen-bond acceptors (Lipinski definition) is 4. The van der Waals surface area contributed by atoms with Gasteiger partial charge in [0.05, 0.1) is 9.40 Å². The third-order valence-corrected chi connectivity index (χ3v) is 3.58. The molecule has 92 valence electrons. The summed E-state index contributed by atoms with van der Waals surface area (Å²) in [6, 6.07) is 5.51. The molecule has 0 amide bonds. The molecule has 1 saturated heterocycles. The minimum Gasteiger partial charge on any atom is -0.381 e. The molecular weight excluding hydrogens is 286 g/mol. The smallest absolute Gasteiger partial charge is 0.285 e. The lowest BCUT2D eigenvalue weighted by Gasteiger charge is -2.14. The molecule has 1 unspecified atom stereocenters. The molecule has 1 aliphatic heterocycles. The minimum atomic E-state index is -0.379. The molecule has 0 radical (unpaired) electrons. The maximum Gasteiger partial charge on any atom is 0.285 e. The Morgan fingerprint density at radius 1 is 1.59 bits per heavy atom. The zero-order valence-corrected chi connectivity index (χ0v) is 11.1. The first kappa shape index (κ1) is 12.3. The number of anilines is 1. The quantitative estimate of drug-likeness (QED) is 0.688. The van der Waals surface area contributed by atoms with E-state index >= 15 is 0 Å². The number of benzene rings is 1. The number of nitro benzene ring substituents is 1. The van der Waals surface area contributed by atoms with Crippen molar-refractivity contribution in [2.75, 3.05) is 25.5 Å². The lowest BCUT2D eigenvalue weighted by molar-refractivity contribution is -0.385. The number of likely N-dealkylation sites (N-methyl/N-ethyl adjacent to an activating group) is 1. The van der Waals surface area contributed by atoms with Gasteiger partial charge in [0, 0.05) is 24.3 Å². The van der Waals surface area contributed by atoms with Gasteiger partial charge in [-0.15, -0.1) is 0 Å². The Morgan fingerprint density at radius 3 is 2.94 bits per heavy atom. The second-order valence-electron chi connectivity index (χ2n) is 4.32. The van der Waals surface area contributed by atoms with Gasteiger partial charge in [-0.25, -0.2) is 0 Å². The van der Waals surface area contributed by atoms with E-state index in [2.05, 4.69) is 33.2 Å². The molecule has 5 nitrogen and oxygen atoms in total. The second kappa shape index (κ2) is 5.01. The highest BCUT2D eigenvalue weighted by Crippen LogP contribution is 2.28. The Morgan fingerprint density at radius 2 is 2.35 bits per heavy atom. The van der Waals surface area contributed by atoms with Gasteiger partial charge in [-0.2, -0.15) is 0 Å². The number of hydrogen-bond donors (Lipinski definition) is 1. The van der Waals surface area contributed by atoms with E-state index in [9.17, 15) is 10.1 Å². The van der Waals surface area contributed by atoms with Crippen molar-refractivity contribution in [3.8, 4) is 0 Å². The molecule has 1 N–H and O–H groups in total. The maximum absolute atomic E-state index is 10.8. The standard InChI is InChI=1S/C11H14BrN3O2/c1-14-5-4-9(7-14)13-8-2-3-10(12)11(6-8)15(16)17/h2-3,6,9,13H,4-5,7H2,1H3. The summed E-state index contributed by atoms with van der Waals surface area (Å²) in [5, 5.41) is 14.1. The van der Waals surface area contributed by atoms with Crippen LogP contribution in [0.4, 0.5) is 11.4 Å². The van der Waals surface area contributed by atoms with Crippen LogP contribution in [0.25, 0.3) is 0 Å². The Bertz CT molecular complexity index is 439. The van der Waals surface area contributed by atoms with Gasteiger partial charge in [0.25, 0.3) is 5.69 Å². The molecule has 0 bridgehead atoms. The number of nitrogens with one attached hydrogen (secondary N) is 1. The maximum atomic E-state index is 10.8. The number of likely N-dealkylation sites (tertiary alicyclic amines) is 1. The lowest BCUT2D eigenvalue weighted by Crippen LogP contribution is -2.23. The van der Waals surface area contributed by atoms with Gasteiger partial charge >= 0.3 is 0 Å². The molecular formula is C11H14BrN3O2. The Labute approximate surface area is 108 Å². The van der Waals surface area contributed by atoms with Crippen LogP contribution >= 0.6 is 15.9 Å². The van der Waals surface area contributed by atoms with E-state index in [1.54, 1.807) is 12.1 Å². The molecule has 1 fully saturated rings. The number of halogens is 1. The highest BCUT2D eigenvalue weighted by atomic mass is 79.9. The van der Waals surface area contributed by atoms with Crippen LogP contribution in [0.5, 0.6) is 0 Å². The second-order valence-corrected chi connectivity index (χ2v) is 5.17. The first-order valence-corrected chi connectivity index (χ1v) is 6.24. The van der Waals surface area contributed by atoms with Gasteiger partial charge in [0.15, 0.2) is 0 Å². The molecule has 1 aliphatic rings. The van der Waals surface area contributed by atoms with Crippen molar-refractivity contribution in [2.45, 2.75) is 12.5 Å². The Hall–Kier alpha value is -1.14. The fourth-order valence-corrected chi connectivity index (χ4v) is 2.42. The summed E-state index contributed by atoms with van der Waals surface area (Å²) in [5.74, 6) is 0. The van der Waals surface area contributed by atoms with Crippen LogP contribution in [0.2, 0.25) is 0 Å². The number of nitrogens with zero attached hydrogens (tertiary/aromatic N) is 2. The highest BCUT2D eigenvalue weighted by molar-refractivity contribution is 9.10. The molecule has 0 saturated carbocycles. The van der Waals surface area contributed by atoms with E-state index in [4.69, 9.17) is 0 Å². The fraction of sp³-hybridized carbons (Fsp3) is 0.455. The van der Waals surface area contributed by atoms with Gasteiger partial charge in [-0.3, -0.25) is 10.1 Å². The summed E-state index contributed by atoms with van der Waals surface area (Å²) in [7, 11) is 2.08. The van der Waals surface area contributed by atoms with Crippen molar-refractivity contribution < 1.29 is 4.92 Å². The van der Waals surface area contributed by atoms with Crippen molar-refractivity contribution in [1.82, 2.24) is 4.90 Å². The molecule has 1 heterocycles. The van der Waals surface area contributed by atoms with Crippen molar-refractivity contribution in [3.63, 3.8) is 0 Å². The summed E-state index contributed by atoms with van der Waals surface area (Å²) < 4.78 is 0.511. The van der Waals surface area contributed by atoms with E-state index in [0.717, 1.165) is 25.2 Å².